The fraction of sp³-hybridized carbons (Fsp3) is 0.227. The van der Waals surface area contributed by atoms with Crippen molar-refractivity contribution in [2.24, 2.45) is 4.99 Å². The van der Waals surface area contributed by atoms with Crippen LogP contribution in [0, 0.1) is 0 Å². The highest BCUT2D eigenvalue weighted by Crippen LogP contribution is 2.27. The maximum atomic E-state index is 13.4. The molecule has 0 unspecified atom stereocenters. The topological polar surface area (TPSA) is 72.3 Å². The lowest BCUT2D eigenvalue weighted by Gasteiger charge is -2.04. The number of fused-ring (bicyclic) bond motifs is 1. The number of hydrogen-bond acceptors (Lipinski definition) is 5. The quantitative estimate of drug-likeness (QED) is 0.473. The highest BCUT2D eigenvalue weighted by Gasteiger charge is 2.21. The number of ether oxygens (including phenoxy) is 1. The van der Waals surface area contributed by atoms with Gasteiger partial charge in [0.2, 0.25) is 5.13 Å². The van der Waals surface area contributed by atoms with Gasteiger partial charge in [-0.3, -0.25) is 14.9 Å². The lowest BCUT2D eigenvalue weighted by Crippen LogP contribution is -2.19. The summed E-state index contributed by atoms with van der Waals surface area (Å²) in [5.41, 5.74) is 3.64. The first-order chi connectivity index (χ1) is 14.1. The molecule has 0 fully saturated rings. The molecule has 4 rings (SSSR count). The van der Waals surface area contributed by atoms with Crippen molar-refractivity contribution in [3.8, 4) is 22.1 Å². The first-order valence-corrected chi connectivity index (χ1v) is 10.3. The average molecular weight is 407 g/mol. The van der Waals surface area contributed by atoms with E-state index < -0.39 is 0 Å². The van der Waals surface area contributed by atoms with Crippen LogP contribution in [0.1, 0.15) is 25.8 Å². The molecule has 7 heteroatoms. The molecule has 29 heavy (non-hydrogen) atoms. The molecule has 0 aliphatic rings. The fourth-order valence-electron chi connectivity index (χ4n) is 3.19. The third-order valence-corrected chi connectivity index (χ3v) is 5.70. The molecule has 0 atom stereocenters. The van der Waals surface area contributed by atoms with Gasteiger partial charge in [-0.25, -0.2) is 4.98 Å². The van der Waals surface area contributed by atoms with E-state index in [9.17, 15) is 4.79 Å². The van der Waals surface area contributed by atoms with Gasteiger partial charge in [0.15, 0.2) is 0 Å². The normalized spacial score (nSPS) is 11.9. The molecule has 0 aliphatic heterocycles. The van der Waals surface area contributed by atoms with Crippen molar-refractivity contribution in [1.82, 2.24) is 14.8 Å². The number of thiazole rings is 1. The van der Waals surface area contributed by atoms with Gasteiger partial charge in [-0.15, -0.1) is 0 Å². The van der Waals surface area contributed by atoms with E-state index in [0.717, 1.165) is 39.4 Å². The minimum atomic E-state index is -0.146. The number of para-hydroxylation sites is 1. The molecule has 0 radical (unpaired) electrons. The molecule has 0 saturated heterocycles. The zero-order valence-corrected chi connectivity index (χ0v) is 17.4. The molecule has 4 aromatic rings. The monoisotopic (exact) mass is 406 g/mol. The molecular weight excluding hydrogens is 384 g/mol. The Morgan fingerprint density at radius 3 is 2.66 bits per heavy atom. The molecule has 2 aromatic heterocycles. The van der Waals surface area contributed by atoms with Crippen LogP contribution in [0.3, 0.4) is 0 Å². The number of nitrogens with zero attached hydrogens (tertiary/aromatic N) is 3. The lowest BCUT2D eigenvalue weighted by atomic mass is 10.1. The number of H-pyrrole nitrogens is 1. The fourth-order valence-corrected chi connectivity index (χ4v) is 4.11. The number of aromatic amines is 1. The first-order valence-electron chi connectivity index (χ1n) is 9.49. The molecule has 148 valence electrons. The van der Waals surface area contributed by atoms with E-state index >= 15 is 0 Å². The first kappa shape index (κ1) is 19.1. The summed E-state index contributed by atoms with van der Waals surface area (Å²) in [5.74, 6) is 0.764. The average Bonchev–Trinajstić information content (AvgIpc) is 3.33. The Morgan fingerprint density at radius 2 is 1.97 bits per heavy atom. The van der Waals surface area contributed by atoms with Crippen LogP contribution < -0.4 is 10.3 Å². The Labute approximate surface area is 172 Å². The number of nitrogens with one attached hydrogen (secondary N) is 1. The summed E-state index contributed by atoms with van der Waals surface area (Å²) in [6.07, 6.45) is 0.922. The number of rotatable bonds is 6. The van der Waals surface area contributed by atoms with Crippen molar-refractivity contribution in [2.45, 2.75) is 20.3 Å². The van der Waals surface area contributed by atoms with Gasteiger partial charge in [-0.05, 0) is 49.7 Å². The van der Waals surface area contributed by atoms with Gasteiger partial charge in [0.1, 0.15) is 5.75 Å². The number of aromatic nitrogens is 3. The predicted molar refractivity (Wildman–Crippen MR) is 119 cm³/mol. The molecule has 2 heterocycles. The molecule has 0 saturated carbocycles. The van der Waals surface area contributed by atoms with Crippen molar-refractivity contribution in [3.05, 3.63) is 64.4 Å². The van der Waals surface area contributed by atoms with E-state index in [-0.39, 0.29) is 5.56 Å². The SMILES string of the molecule is CCCN=C(C)c1c(-c2ccc(OC)cc2)[nH]n(-c2nc3ccccc3s2)c1=O. The van der Waals surface area contributed by atoms with E-state index in [2.05, 4.69) is 22.0 Å². The summed E-state index contributed by atoms with van der Waals surface area (Å²) < 4.78 is 7.81. The van der Waals surface area contributed by atoms with E-state index in [0.29, 0.717) is 17.2 Å². The van der Waals surface area contributed by atoms with Crippen molar-refractivity contribution in [3.63, 3.8) is 0 Å². The van der Waals surface area contributed by atoms with Gasteiger partial charge in [0, 0.05) is 17.8 Å². The minimum absolute atomic E-state index is 0.146. The molecule has 0 spiro atoms. The van der Waals surface area contributed by atoms with Gasteiger partial charge in [-0.2, -0.15) is 4.68 Å². The van der Waals surface area contributed by atoms with Crippen LogP contribution in [0.25, 0.3) is 26.6 Å². The van der Waals surface area contributed by atoms with Gasteiger partial charge in [0.05, 0.1) is 28.6 Å². The number of aliphatic imine (C=N–C) groups is 1. The van der Waals surface area contributed by atoms with Gasteiger partial charge in [0.25, 0.3) is 5.56 Å². The maximum Gasteiger partial charge on any atom is 0.283 e. The van der Waals surface area contributed by atoms with Gasteiger partial charge >= 0.3 is 0 Å². The predicted octanol–water partition coefficient (Wildman–Crippen LogP) is 4.67. The second-order valence-corrected chi connectivity index (χ2v) is 7.67. The molecule has 6 nitrogen and oxygen atoms in total. The van der Waals surface area contributed by atoms with Gasteiger partial charge < -0.3 is 4.74 Å². The zero-order valence-electron chi connectivity index (χ0n) is 16.6. The lowest BCUT2D eigenvalue weighted by molar-refractivity contribution is 0.415. The number of benzene rings is 2. The van der Waals surface area contributed by atoms with Crippen LogP contribution in [0.2, 0.25) is 0 Å². The maximum absolute atomic E-state index is 13.4. The van der Waals surface area contributed by atoms with Crippen molar-refractivity contribution in [1.29, 1.82) is 0 Å². The second kappa shape index (κ2) is 8.05. The number of hydrogen-bond donors (Lipinski definition) is 1. The molecule has 1 N–H and O–H groups in total. The Balaban J connectivity index is 1.91. The van der Waals surface area contributed by atoms with Crippen molar-refractivity contribution >= 4 is 27.3 Å². The van der Waals surface area contributed by atoms with E-state index in [4.69, 9.17) is 4.74 Å². The van der Waals surface area contributed by atoms with Crippen LogP contribution in [0.15, 0.2) is 58.3 Å². The van der Waals surface area contributed by atoms with Crippen molar-refractivity contribution in [2.75, 3.05) is 13.7 Å². The highest BCUT2D eigenvalue weighted by atomic mass is 32.1. The number of methoxy groups -OCH3 is 1. The smallest absolute Gasteiger partial charge is 0.283 e. The Morgan fingerprint density at radius 1 is 1.21 bits per heavy atom. The molecule has 0 bridgehead atoms. The van der Waals surface area contributed by atoms with Crippen LogP contribution in [-0.4, -0.2) is 34.1 Å². The summed E-state index contributed by atoms with van der Waals surface area (Å²) in [7, 11) is 1.63. The van der Waals surface area contributed by atoms with Crippen LogP contribution in [-0.2, 0) is 0 Å². The highest BCUT2D eigenvalue weighted by molar-refractivity contribution is 7.20. The summed E-state index contributed by atoms with van der Waals surface area (Å²) >= 11 is 1.48. The summed E-state index contributed by atoms with van der Waals surface area (Å²) in [6.45, 7) is 4.63. The molecule has 2 aromatic carbocycles. The third kappa shape index (κ3) is 3.61. The van der Waals surface area contributed by atoms with Crippen LogP contribution in [0.4, 0.5) is 0 Å². The van der Waals surface area contributed by atoms with E-state index in [1.54, 1.807) is 7.11 Å². The summed E-state index contributed by atoms with van der Waals surface area (Å²) in [5, 5.41) is 3.88. The van der Waals surface area contributed by atoms with Crippen LogP contribution in [0.5, 0.6) is 5.75 Å². The van der Waals surface area contributed by atoms with E-state index in [1.807, 2.05) is 55.5 Å². The van der Waals surface area contributed by atoms with E-state index in [1.165, 1.54) is 16.0 Å². The Hall–Kier alpha value is -3.19. The standard InChI is InChI=1S/C22H22N4O2S/c1-4-13-23-14(2)19-20(15-9-11-16(28-3)12-10-15)25-26(21(19)27)22-24-17-7-5-6-8-18(17)29-22/h5-12,25H,4,13H2,1-3H3. The van der Waals surface area contributed by atoms with Crippen LogP contribution >= 0.6 is 11.3 Å². The Kier molecular flexibility index (Phi) is 5.31. The third-order valence-electron chi connectivity index (χ3n) is 4.68. The van der Waals surface area contributed by atoms with Crippen molar-refractivity contribution < 1.29 is 4.74 Å². The molecule has 0 aliphatic carbocycles. The van der Waals surface area contributed by atoms with Gasteiger partial charge in [-0.1, -0.05) is 30.4 Å². The summed E-state index contributed by atoms with van der Waals surface area (Å²) in [4.78, 5) is 22.6. The summed E-state index contributed by atoms with van der Waals surface area (Å²) in [6, 6.07) is 15.5. The Bertz CT molecular complexity index is 1200. The zero-order chi connectivity index (χ0) is 20.4. The molecular formula is C22H22N4O2S. The minimum Gasteiger partial charge on any atom is -0.497 e. The second-order valence-electron chi connectivity index (χ2n) is 6.66. The largest absolute Gasteiger partial charge is 0.497 e. The molecule has 0 amide bonds.